The van der Waals surface area contributed by atoms with Crippen LogP contribution in [0.5, 0.6) is 0 Å². The average Bonchev–Trinajstić information content (AvgIpc) is 2.88. The van der Waals surface area contributed by atoms with E-state index in [9.17, 15) is 8.78 Å². The van der Waals surface area contributed by atoms with Crippen LogP contribution in [0.15, 0.2) is 58.7 Å². The largest absolute Gasteiger partial charge is 0.303 e. The van der Waals surface area contributed by atoms with Crippen molar-refractivity contribution in [3.63, 3.8) is 0 Å². The lowest BCUT2D eigenvalue weighted by Crippen LogP contribution is -2.32. The van der Waals surface area contributed by atoms with Gasteiger partial charge in [-0.15, -0.1) is 0 Å². The van der Waals surface area contributed by atoms with E-state index in [1.54, 1.807) is 24.3 Å². The maximum atomic E-state index is 13.6. The number of halogens is 2. The molecule has 0 amide bonds. The molecule has 2 saturated heterocycles. The topological polar surface area (TPSA) is 31.2 Å². The van der Waals surface area contributed by atoms with Crippen molar-refractivity contribution in [2.24, 2.45) is 10.2 Å². The molecule has 4 rings (SSSR count). The van der Waals surface area contributed by atoms with E-state index in [1.165, 1.54) is 62.8 Å². The minimum atomic E-state index is -0.254. The monoisotopic (exact) mass is 466 g/mol. The molecule has 0 spiro atoms. The van der Waals surface area contributed by atoms with Gasteiger partial charge >= 0.3 is 0 Å². The van der Waals surface area contributed by atoms with Gasteiger partial charge in [0.2, 0.25) is 0 Å². The maximum Gasteiger partial charge on any atom is 0.123 e. The van der Waals surface area contributed by atoms with E-state index in [0.29, 0.717) is 0 Å². The van der Waals surface area contributed by atoms with Gasteiger partial charge in [-0.3, -0.25) is 0 Å². The standard InChI is InChI=1S/C28H36F2N4/c29-25-11-7-23(8-12-25)27(15-21-33-17-3-1-4-18-33)31-32-28(24-9-13-26(30)14-10-24)16-22-34-19-5-2-6-20-34/h7-14H,1-6,15-22H2/b31-27-,32-28+. The zero-order valence-corrected chi connectivity index (χ0v) is 20.1. The molecule has 0 bridgehead atoms. The van der Waals surface area contributed by atoms with Crippen LogP contribution in [0.25, 0.3) is 0 Å². The van der Waals surface area contributed by atoms with E-state index >= 15 is 0 Å². The second-order valence-electron chi connectivity index (χ2n) is 9.41. The summed E-state index contributed by atoms with van der Waals surface area (Å²) in [5.41, 5.74) is 3.53. The molecule has 2 fully saturated rings. The van der Waals surface area contributed by atoms with Crippen molar-refractivity contribution >= 4 is 11.4 Å². The Morgan fingerprint density at radius 1 is 0.559 bits per heavy atom. The fourth-order valence-corrected chi connectivity index (χ4v) is 4.80. The van der Waals surface area contributed by atoms with Gasteiger partial charge in [0.05, 0.1) is 11.4 Å². The summed E-state index contributed by atoms with van der Waals surface area (Å²) in [4.78, 5) is 4.95. The molecule has 0 N–H and O–H groups in total. The molecule has 2 aliphatic heterocycles. The molecule has 4 nitrogen and oxygen atoms in total. The molecule has 2 aromatic rings. The van der Waals surface area contributed by atoms with E-state index < -0.39 is 0 Å². The predicted octanol–water partition coefficient (Wildman–Crippen LogP) is 5.91. The SMILES string of the molecule is Fc1ccc(/C(CCN2CCCCC2)=N\N=C(/CCN2CCCCC2)c2ccc(F)cc2)cc1. The fourth-order valence-electron chi connectivity index (χ4n) is 4.80. The molecule has 0 unspecified atom stereocenters. The van der Waals surface area contributed by atoms with Gasteiger partial charge in [0.25, 0.3) is 0 Å². The van der Waals surface area contributed by atoms with E-state index in [1.807, 2.05) is 0 Å². The predicted molar refractivity (Wildman–Crippen MR) is 136 cm³/mol. The summed E-state index contributed by atoms with van der Waals surface area (Å²) in [6, 6.07) is 13.0. The molecule has 0 aromatic heterocycles. The highest BCUT2D eigenvalue weighted by Crippen LogP contribution is 2.15. The Morgan fingerprint density at radius 3 is 1.26 bits per heavy atom. The molecule has 2 aromatic carbocycles. The number of rotatable bonds is 9. The van der Waals surface area contributed by atoms with Crippen LogP contribution in [0.2, 0.25) is 0 Å². The Morgan fingerprint density at radius 2 is 0.912 bits per heavy atom. The van der Waals surface area contributed by atoms with Crippen molar-refractivity contribution < 1.29 is 8.78 Å². The van der Waals surface area contributed by atoms with Crippen LogP contribution >= 0.6 is 0 Å². The molecule has 34 heavy (non-hydrogen) atoms. The van der Waals surface area contributed by atoms with E-state index in [-0.39, 0.29) is 11.6 Å². The normalized spacial score (nSPS) is 18.9. The van der Waals surface area contributed by atoms with Crippen molar-refractivity contribution in [1.29, 1.82) is 0 Å². The second kappa shape index (κ2) is 12.9. The van der Waals surface area contributed by atoms with Crippen molar-refractivity contribution in [3.8, 4) is 0 Å². The van der Waals surface area contributed by atoms with Crippen LogP contribution in [-0.2, 0) is 0 Å². The molecular weight excluding hydrogens is 430 g/mol. The third-order valence-corrected chi connectivity index (χ3v) is 6.87. The molecule has 0 atom stereocenters. The smallest absolute Gasteiger partial charge is 0.123 e. The average molecular weight is 467 g/mol. The molecule has 0 saturated carbocycles. The van der Waals surface area contributed by atoms with Gasteiger partial charge in [0.15, 0.2) is 0 Å². The fraction of sp³-hybridized carbons (Fsp3) is 0.500. The molecular formula is C28H36F2N4. The molecule has 0 radical (unpaired) electrons. The number of piperidine rings is 2. The summed E-state index contributed by atoms with van der Waals surface area (Å²) in [5, 5.41) is 9.43. The van der Waals surface area contributed by atoms with Crippen LogP contribution in [0.1, 0.15) is 62.5 Å². The van der Waals surface area contributed by atoms with Crippen molar-refractivity contribution in [2.45, 2.75) is 51.4 Å². The minimum absolute atomic E-state index is 0.254. The highest BCUT2D eigenvalue weighted by Gasteiger charge is 2.14. The van der Waals surface area contributed by atoms with Crippen LogP contribution in [0, 0.1) is 11.6 Å². The van der Waals surface area contributed by atoms with Gasteiger partial charge in [0.1, 0.15) is 11.6 Å². The van der Waals surface area contributed by atoms with Gasteiger partial charge in [0, 0.05) is 25.9 Å². The summed E-state index contributed by atoms with van der Waals surface area (Å²) in [6.45, 7) is 6.33. The maximum absolute atomic E-state index is 13.6. The molecule has 6 heteroatoms. The lowest BCUT2D eigenvalue weighted by atomic mass is 10.1. The number of likely N-dealkylation sites (tertiary alicyclic amines) is 2. The Labute approximate surface area is 202 Å². The zero-order chi connectivity index (χ0) is 23.6. The third-order valence-electron chi connectivity index (χ3n) is 6.87. The van der Waals surface area contributed by atoms with E-state index in [4.69, 9.17) is 10.2 Å². The summed E-state index contributed by atoms with van der Waals surface area (Å²) in [7, 11) is 0. The number of nitrogens with zero attached hydrogens (tertiary/aromatic N) is 4. The molecule has 182 valence electrons. The van der Waals surface area contributed by atoms with Crippen LogP contribution < -0.4 is 0 Å². The summed E-state index contributed by atoms with van der Waals surface area (Å²) >= 11 is 0. The highest BCUT2D eigenvalue weighted by atomic mass is 19.1. The first kappa shape index (κ1) is 24.7. The molecule has 2 heterocycles. The summed E-state index contributed by atoms with van der Waals surface area (Å²) < 4.78 is 27.1. The van der Waals surface area contributed by atoms with Gasteiger partial charge in [-0.05, 0) is 87.3 Å². The first-order valence-corrected chi connectivity index (χ1v) is 12.8. The number of benzene rings is 2. The van der Waals surface area contributed by atoms with E-state index in [0.717, 1.165) is 74.7 Å². The third kappa shape index (κ3) is 7.54. The molecule has 2 aliphatic rings. The quantitative estimate of drug-likeness (QED) is 0.340. The van der Waals surface area contributed by atoms with Crippen LogP contribution in [0.3, 0.4) is 0 Å². The lowest BCUT2D eigenvalue weighted by Gasteiger charge is -2.26. The van der Waals surface area contributed by atoms with Gasteiger partial charge < -0.3 is 9.80 Å². The number of hydrogen-bond donors (Lipinski definition) is 0. The van der Waals surface area contributed by atoms with Gasteiger partial charge in [-0.2, -0.15) is 10.2 Å². The highest BCUT2D eigenvalue weighted by molar-refractivity contribution is 6.03. The Bertz CT molecular complexity index is 862. The second-order valence-corrected chi connectivity index (χ2v) is 9.41. The lowest BCUT2D eigenvalue weighted by molar-refractivity contribution is 0.235. The van der Waals surface area contributed by atoms with E-state index in [2.05, 4.69) is 9.80 Å². The van der Waals surface area contributed by atoms with Gasteiger partial charge in [-0.1, -0.05) is 37.1 Å². The Balaban J connectivity index is 1.56. The summed E-state index contributed by atoms with van der Waals surface area (Å²) in [5.74, 6) is -0.507. The Hall–Kier alpha value is -2.44. The summed E-state index contributed by atoms with van der Waals surface area (Å²) in [6.07, 6.45) is 9.10. The first-order chi connectivity index (χ1) is 16.7. The Kier molecular flexibility index (Phi) is 9.34. The van der Waals surface area contributed by atoms with Crippen molar-refractivity contribution in [3.05, 3.63) is 71.3 Å². The molecule has 0 aliphatic carbocycles. The first-order valence-electron chi connectivity index (χ1n) is 12.8. The zero-order valence-electron chi connectivity index (χ0n) is 20.1. The van der Waals surface area contributed by atoms with Crippen LogP contribution in [0.4, 0.5) is 8.78 Å². The van der Waals surface area contributed by atoms with Crippen LogP contribution in [-0.4, -0.2) is 60.5 Å². The van der Waals surface area contributed by atoms with Gasteiger partial charge in [-0.25, -0.2) is 8.78 Å². The van der Waals surface area contributed by atoms with Crippen molar-refractivity contribution in [1.82, 2.24) is 9.80 Å². The number of hydrogen-bond acceptors (Lipinski definition) is 4. The van der Waals surface area contributed by atoms with Crippen molar-refractivity contribution in [2.75, 3.05) is 39.3 Å². The minimum Gasteiger partial charge on any atom is -0.303 e.